The van der Waals surface area contributed by atoms with Crippen LogP contribution in [0.25, 0.3) is 0 Å². The van der Waals surface area contributed by atoms with E-state index >= 15 is 0 Å². The number of nitrogens with one attached hydrogen (secondary N) is 3. The third-order valence-corrected chi connectivity index (χ3v) is 5.79. The second-order valence-electron chi connectivity index (χ2n) is 8.15. The first kappa shape index (κ1) is 29.2. The van der Waals surface area contributed by atoms with Gasteiger partial charge in [-0.05, 0) is 30.5 Å². The summed E-state index contributed by atoms with van der Waals surface area (Å²) in [6.07, 6.45) is -0.733. The van der Waals surface area contributed by atoms with E-state index in [1.165, 1.54) is 31.2 Å². The van der Waals surface area contributed by atoms with Gasteiger partial charge in [0.2, 0.25) is 17.7 Å². The molecule has 0 aliphatic carbocycles. The molecule has 0 aliphatic heterocycles. The van der Waals surface area contributed by atoms with Gasteiger partial charge in [-0.15, -0.1) is 0 Å². The summed E-state index contributed by atoms with van der Waals surface area (Å²) in [5.41, 5.74) is 6.47. The van der Waals surface area contributed by atoms with Gasteiger partial charge in [0.25, 0.3) is 0 Å². The highest BCUT2D eigenvalue weighted by Crippen LogP contribution is 2.12. The van der Waals surface area contributed by atoms with Gasteiger partial charge in [-0.2, -0.15) is 12.6 Å². The lowest BCUT2D eigenvalue weighted by molar-refractivity contribution is -0.141. The third-order valence-electron chi connectivity index (χ3n) is 5.43. The van der Waals surface area contributed by atoms with Crippen molar-refractivity contribution in [2.75, 3.05) is 5.75 Å². The van der Waals surface area contributed by atoms with Crippen molar-refractivity contribution in [1.82, 2.24) is 16.0 Å². The summed E-state index contributed by atoms with van der Waals surface area (Å²) in [5.74, 6) is -3.92. The highest BCUT2D eigenvalue weighted by atomic mass is 32.1. The van der Waals surface area contributed by atoms with Crippen molar-refractivity contribution in [2.24, 2.45) is 11.7 Å². The van der Waals surface area contributed by atoms with Gasteiger partial charge in [-0.3, -0.25) is 14.4 Å². The fourth-order valence-electron chi connectivity index (χ4n) is 2.96. The molecular weight excluding hydrogens is 464 g/mol. The minimum absolute atomic E-state index is 0.00401. The topological polar surface area (TPSA) is 191 Å². The van der Waals surface area contributed by atoms with E-state index in [4.69, 9.17) is 5.73 Å². The van der Waals surface area contributed by atoms with Crippen molar-refractivity contribution in [3.8, 4) is 5.75 Å². The highest BCUT2D eigenvalue weighted by molar-refractivity contribution is 7.80. The van der Waals surface area contributed by atoms with Crippen molar-refractivity contribution < 1.29 is 34.5 Å². The van der Waals surface area contributed by atoms with Crippen molar-refractivity contribution in [3.63, 3.8) is 0 Å². The summed E-state index contributed by atoms with van der Waals surface area (Å²) in [6, 6.07) is 1.02. The third kappa shape index (κ3) is 8.84. The largest absolute Gasteiger partial charge is 0.508 e. The van der Waals surface area contributed by atoms with E-state index in [0.29, 0.717) is 12.0 Å². The summed E-state index contributed by atoms with van der Waals surface area (Å²) in [4.78, 5) is 49.5. The fourth-order valence-corrected chi connectivity index (χ4v) is 3.21. The molecule has 0 spiro atoms. The molecule has 34 heavy (non-hydrogen) atoms. The van der Waals surface area contributed by atoms with Crippen molar-refractivity contribution in [1.29, 1.82) is 0 Å². The Morgan fingerprint density at radius 3 is 2.00 bits per heavy atom. The number of rotatable bonds is 13. The zero-order chi connectivity index (χ0) is 26.0. The summed E-state index contributed by atoms with van der Waals surface area (Å²) < 4.78 is 0. The molecule has 8 N–H and O–H groups in total. The van der Waals surface area contributed by atoms with Crippen molar-refractivity contribution >= 4 is 36.3 Å². The lowest BCUT2D eigenvalue weighted by atomic mass is 9.98. The molecule has 0 radical (unpaired) electrons. The predicted molar refractivity (Wildman–Crippen MR) is 128 cm³/mol. The summed E-state index contributed by atoms with van der Waals surface area (Å²) in [5, 5.41) is 36.0. The van der Waals surface area contributed by atoms with Gasteiger partial charge < -0.3 is 37.0 Å². The van der Waals surface area contributed by atoms with Gasteiger partial charge in [0.1, 0.15) is 23.9 Å². The first-order valence-corrected chi connectivity index (χ1v) is 11.5. The van der Waals surface area contributed by atoms with Crippen LogP contribution in [0.5, 0.6) is 5.75 Å². The number of hydrogen-bond acceptors (Lipinski definition) is 8. The number of carbonyl (C=O) groups is 4. The number of phenolic OH excluding ortho intramolecular Hbond substituents is 1. The van der Waals surface area contributed by atoms with Crippen LogP contribution < -0.4 is 21.7 Å². The van der Waals surface area contributed by atoms with E-state index in [1.54, 1.807) is 6.92 Å². The molecule has 0 bridgehead atoms. The SMILES string of the molecule is CCC(C)C(N)C(=O)NC(C(=O)NC(Cc1ccc(O)cc1)C(=O)NC(CS)C(=O)O)C(C)O. The molecule has 0 aromatic heterocycles. The molecular formula is C22H34N4O7S. The van der Waals surface area contributed by atoms with E-state index in [0.717, 1.165) is 0 Å². The molecule has 11 nitrogen and oxygen atoms in total. The van der Waals surface area contributed by atoms with Gasteiger partial charge in [-0.1, -0.05) is 32.4 Å². The quantitative estimate of drug-likeness (QED) is 0.161. The summed E-state index contributed by atoms with van der Waals surface area (Å²) >= 11 is 3.92. The van der Waals surface area contributed by atoms with E-state index in [-0.39, 0.29) is 23.8 Å². The van der Waals surface area contributed by atoms with Crippen LogP contribution in [0.1, 0.15) is 32.8 Å². The van der Waals surface area contributed by atoms with Gasteiger partial charge in [-0.25, -0.2) is 4.79 Å². The van der Waals surface area contributed by atoms with Gasteiger partial charge in [0.15, 0.2) is 0 Å². The predicted octanol–water partition coefficient (Wildman–Crippen LogP) is -0.842. The van der Waals surface area contributed by atoms with E-state index in [1.807, 2.05) is 6.92 Å². The Bertz CT molecular complexity index is 850. The zero-order valence-corrected chi connectivity index (χ0v) is 20.3. The molecule has 1 aromatic rings. The first-order valence-electron chi connectivity index (χ1n) is 10.9. The Hall–Kier alpha value is -2.83. The number of hydrogen-bond donors (Lipinski definition) is 8. The maximum Gasteiger partial charge on any atom is 0.327 e. The van der Waals surface area contributed by atoms with E-state index < -0.39 is 54.0 Å². The molecule has 190 valence electrons. The average Bonchev–Trinajstić information content (AvgIpc) is 2.79. The molecule has 0 heterocycles. The number of benzene rings is 1. The van der Waals surface area contributed by atoms with E-state index in [9.17, 15) is 34.5 Å². The molecule has 0 saturated carbocycles. The lowest BCUT2D eigenvalue weighted by Crippen LogP contribution is -2.60. The number of aliphatic carboxylic acids is 1. The Kier molecular flexibility index (Phi) is 11.8. The molecule has 0 aliphatic rings. The van der Waals surface area contributed by atoms with Gasteiger partial charge in [0.05, 0.1) is 12.1 Å². The van der Waals surface area contributed by atoms with Gasteiger partial charge >= 0.3 is 5.97 Å². The molecule has 1 aromatic carbocycles. The van der Waals surface area contributed by atoms with Crippen LogP contribution in [0.4, 0.5) is 0 Å². The second kappa shape index (κ2) is 13.8. The fraction of sp³-hybridized carbons (Fsp3) is 0.545. The van der Waals surface area contributed by atoms with Crippen LogP contribution >= 0.6 is 12.6 Å². The van der Waals surface area contributed by atoms with Crippen LogP contribution in [0.2, 0.25) is 0 Å². The molecule has 6 atom stereocenters. The molecule has 0 saturated heterocycles. The second-order valence-corrected chi connectivity index (χ2v) is 8.52. The molecule has 0 fully saturated rings. The van der Waals surface area contributed by atoms with Crippen LogP contribution in [0.15, 0.2) is 24.3 Å². The minimum atomic E-state index is -1.40. The average molecular weight is 499 g/mol. The summed E-state index contributed by atoms with van der Waals surface area (Å²) in [6.45, 7) is 4.94. The number of aromatic hydroxyl groups is 1. The van der Waals surface area contributed by atoms with Crippen LogP contribution in [-0.4, -0.2) is 75.0 Å². The molecule has 6 unspecified atom stereocenters. The van der Waals surface area contributed by atoms with E-state index in [2.05, 4.69) is 28.6 Å². The monoisotopic (exact) mass is 498 g/mol. The Balaban J connectivity index is 3.10. The highest BCUT2D eigenvalue weighted by Gasteiger charge is 2.33. The van der Waals surface area contributed by atoms with Crippen LogP contribution in [0, 0.1) is 5.92 Å². The van der Waals surface area contributed by atoms with Crippen LogP contribution in [0.3, 0.4) is 0 Å². The molecule has 3 amide bonds. The minimum Gasteiger partial charge on any atom is -0.508 e. The number of carbonyl (C=O) groups excluding carboxylic acids is 3. The number of aliphatic hydroxyl groups is 1. The Morgan fingerprint density at radius 2 is 1.53 bits per heavy atom. The number of carboxylic acid groups (broad SMARTS) is 1. The summed E-state index contributed by atoms with van der Waals surface area (Å²) in [7, 11) is 0. The van der Waals surface area contributed by atoms with Crippen molar-refractivity contribution in [2.45, 2.75) is 63.9 Å². The standard InChI is InChI=1S/C22H34N4O7S/c1-4-11(2)17(23)20(30)26-18(12(3)27)21(31)24-15(9-13-5-7-14(28)8-6-13)19(29)25-16(10-34)22(32)33/h5-8,11-12,15-18,27-28,34H,4,9-10,23H2,1-3H3,(H,24,31)(H,25,29)(H,26,30)(H,32,33). The number of carboxylic acids is 1. The number of phenols is 1. The Morgan fingerprint density at radius 1 is 0.971 bits per heavy atom. The smallest absolute Gasteiger partial charge is 0.327 e. The number of aliphatic hydroxyl groups excluding tert-OH is 1. The number of nitrogens with two attached hydrogens (primary N) is 1. The lowest BCUT2D eigenvalue weighted by Gasteiger charge is -2.27. The first-order chi connectivity index (χ1) is 15.9. The maximum absolute atomic E-state index is 13.0. The Labute approximate surface area is 203 Å². The number of thiol groups is 1. The normalized spacial score (nSPS) is 16.3. The number of amides is 3. The molecule has 12 heteroatoms. The van der Waals surface area contributed by atoms with Crippen LogP contribution in [-0.2, 0) is 25.6 Å². The zero-order valence-electron chi connectivity index (χ0n) is 19.4. The van der Waals surface area contributed by atoms with Gasteiger partial charge in [0, 0.05) is 12.2 Å². The molecule has 1 rings (SSSR count). The maximum atomic E-state index is 13.0. The van der Waals surface area contributed by atoms with Crippen molar-refractivity contribution in [3.05, 3.63) is 29.8 Å².